The fourth-order valence-electron chi connectivity index (χ4n) is 0.992. The number of amides is 1. The summed E-state index contributed by atoms with van der Waals surface area (Å²) < 4.78 is 0. The van der Waals surface area contributed by atoms with Crippen molar-refractivity contribution in [2.24, 2.45) is 0 Å². The standard InChI is InChI=1S/C10H9Cl2NO2/c1-6(14)5-13-10(15)7-2-8(11)4-9(12)3-7/h2-4H,5H2,1H3,(H,13,15). The fourth-order valence-corrected chi connectivity index (χ4v) is 1.52. The molecule has 0 atom stereocenters. The van der Waals surface area contributed by atoms with Crippen molar-refractivity contribution in [3.8, 4) is 0 Å². The summed E-state index contributed by atoms with van der Waals surface area (Å²) in [5.41, 5.74) is 0.341. The van der Waals surface area contributed by atoms with Gasteiger partial charge >= 0.3 is 0 Å². The van der Waals surface area contributed by atoms with Crippen LogP contribution in [0.25, 0.3) is 0 Å². The molecule has 0 aliphatic rings. The van der Waals surface area contributed by atoms with Gasteiger partial charge in [0, 0.05) is 15.6 Å². The summed E-state index contributed by atoms with van der Waals surface area (Å²) in [5.74, 6) is -0.480. The Labute approximate surface area is 97.4 Å². The van der Waals surface area contributed by atoms with E-state index in [9.17, 15) is 9.59 Å². The number of carbonyl (C=O) groups excluding carboxylic acids is 2. The van der Waals surface area contributed by atoms with E-state index in [1.165, 1.54) is 25.1 Å². The van der Waals surface area contributed by atoms with Gasteiger partial charge < -0.3 is 5.32 Å². The van der Waals surface area contributed by atoms with Crippen LogP contribution in [-0.2, 0) is 4.79 Å². The van der Waals surface area contributed by atoms with Crippen LogP contribution < -0.4 is 5.32 Å². The lowest BCUT2D eigenvalue weighted by atomic mass is 10.2. The van der Waals surface area contributed by atoms with Gasteiger partial charge in [0.1, 0.15) is 5.78 Å². The molecule has 80 valence electrons. The molecule has 0 aromatic heterocycles. The van der Waals surface area contributed by atoms with Gasteiger partial charge in [0.05, 0.1) is 6.54 Å². The molecule has 0 unspecified atom stereocenters. The second-order valence-corrected chi connectivity index (χ2v) is 3.92. The molecular weight excluding hydrogens is 237 g/mol. The van der Waals surface area contributed by atoms with Crippen LogP contribution in [0.5, 0.6) is 0 Å². The van der Waals surface area contributed by atoms with Gasteiger partial charge in [0.25, 0.3) is 5.91 Å². The third-order valence-electron chi connectivity index (χ3n) is 1.62. The molecule has 15 heavy (non-hydrogen) atoms. The normalized spacial score (nSPS) is 9.80. The lowest BCUT2D eigenvalue weighted by molar-refractivity contribution is -0.116. The van der Waals surface area contributed by atoms with Gasteiger partial charge in [0.15, 0.2) is 0 Å². The molecule has 3 nitrogen and oxygen atoms in total. The van der Waals surface area contributed by atoms with Crippen molar-refractivity contribution in [2.45, 2.75) is 6.92 Å². The summed E-state index contributed by atoms with van der Waals surface area (Å²) >= 11 is 11.5. The molecule has 1 aromatic rings. The van der Waals surface area contributed by atoms with Gasteiger partial charge in [-0.25, -0.2) is 0 Å². The number of halogens is 2. The van der Waals surface area contributed by atoms with E-state index in [4.69, 9.17) is 23.2 Å². The summed E-state index contributed by atoms with van der Waals surface area (Å²) in [6.45, 7) is 1.40. The van der Waals surface area contributed by atoms with E-state index in [0.29, 0.717) is 15.6 Å². The largest absolute Gasteiger partial charge is 0.345 e. The zero-order valence-corrected chi connectivity index (χ0v) is 9.52. The topological polar surface area (TPSA) is 46.2 Å². The maximum atomic E-state index is 11.5. The van der Waals surface area contributed by atoms with Crippen molar-refractivity contribution < 1.29 is 9.59 Å². The summed E-state index contributed by atoms with van der Waals surface area (Å²) in [6, 6.07) is 4.51. The van der Waals surface area contributed by atoms with Crippen molar-refractivity contribution in [2.75, 3.05) is 6.54 Å². The van der Waals surface area contributed by atoms with Gasteiger partial charge in [-0.15, -0.1) is 0 Å². The summed E-state index contributed by atoms with van der Waals surface area (Å²) in [5, 5.41) is 3.22. The van der Waals surface area contributed by atoms with Crippen LogP contribution in [0.1, 0.15) is 17.3 Å². The third-order valence-corrected chi connectivity index (χ3v) is 2.06. The molecule has 1 rings (SSSR count). The van der Waals surface area contributed by atoms with Crippen LogP contribution in [0.15, 0.2) is 18.2 Å². The van der Waals surface area contributed by atoms with E-state index in [0.717, 1.165) is 0 Å². The van der Waals surface area contributed by atoms with Crippen molar-refractivity contribution >= 4 is 34.9 Å². The van der Waals surface area contributed by atoms with Crippen LogP contribution in [0.3, 0.4) is 0 Å². The minimum Gasteiger partial charge on any atom is -0.345 e. The van der Waals surface area contributed by atoms with Crippen LogP contribution >= 0.6 is 23.2 Å². The summed E-state index contributed by atoms with van der Waals surface area (Å²) in [7, 11) is 0. The number of nitrogens with one attached hydrogen (secondary N) is 1. The van der Waals surface area contributed by atoms with E-state index in [1.807, 2.05) is 0 Å². The highest BCUT2D eigenvalue weighted by molar-refractivity contribution is 6.35. The lowest BCUT2D eigenvalue weighted by Gasteiger charge is -2.03. The zero-order chi connectivity index (χ0) is 11.4. The molecule has 0 heterocycles. The second kappa shape index (κ2) is 5.14. The molecule has 0 saturated heterocycles. The summed E-state index contributed by atoms with van der Waals surface area (Å²) in [4.78, 5) is 22.1. The Morgan fingerprint density at radius 3 is 2.20 bits per heavy atom. The van der Waals surface area contributed by atoms with E-state index < -0.39 is 0 Å². The van der Waals surface area contributed by atoms with Crippen molar-refractivity contribution in [3.05, 3.63) is 33.8 Å². The van der Waals surface area contributed by atoms with E-state index in [2.05, 4.69) is 5.32 Å². The first-order valence-electron chi connectivity index (χ1n) is 4.23. The highest BCUT2D eigenvalue weighted by Crippen LogP contribution is 2.18. The Hall–Kier alpha value is -1.06. The van der Waals surface area contributed by atoms with Crippen LogP contribution in [-0.4, -0.2) is 18.2 Å². The Morgan fingerprint density at radius 1 is 1.20 bits per heavy atom. The molecule has 0 aliphatic heterocycles. The minimum atomic E-state index is -0.366. The molecule has 5 heteroatoms. The average Bonchev–Trinajstić information content (AvgIpc) is 2.12. The quantitative estimate of drug-likeness (QED) is 0.889. The van der Waals surface area contributed by atoms with Gasteiger partial charge in [-0.3, -0.25) is 9.59 Å². The highest BCUT2D eigenvalue weighted by Gasteiger charge is 2.07. The summed E-state index contributed by atoms with van der Waals surface area (Å²) in [6.07, 6.45) is 0. The first-order valence-corrected chi connectivity index (χ1v) is 4.98. The maximum Gasteiger partial charge on any atom is 0.251 e. The van der Waals surface area contributed by atoms with E-state index >= 15 is 0 Å². The first kappa shape index (κ1) is 12.0. The van der Waals surface area contributed by atoms with Crippen molar-refractivity contribution in [1.29, 1.82) is 0 Å². The Balaban J connectivity index is 2.77. The molecule has 0 saturated carbocycles. The Bertz CT molecular complexity index is 384. The SMILES string of the molecule is CC(=O)CNC(=O)c1cc(Cl)cc(Cl)c1. The predicted octanol–water partition coefficient (Wildman–Crippen LogP) is 2.31. The molecule has 0 radical (unpaired) electrons. The molecule has 0 bridgehead atoms. The lowest BCUT2D eigenvalue weighted by Crippen LogP contribution is -2.28. The second-order valence-electron chi connectivity index (χ2n) is 3.04. The number of carbonyl (C=O) groups is 2. The van der Waals surface area contributed by atoms with E-state index in [-0.39, 0.29) is 18.2 Å². The number of hydrogen-bond acceptors (Lipinski definition) is 2. The van der Waals surface area contributed by atoms with E-state index in [1.54, 1.807) is 0 Å². The Morgan fingerprint density at radius 2 is 1.73 bits per heavy atom. The number of rotatable bonds is 3. The van der Waals surface area contributed by atoms with Crippen LogP contribution in [0.4, 0.5) is 0 Å². The predicted molar refractivity (Wildman–Crippen MR) is 59.5 cm³/mol. The number of hydrogen-bond donors (Lipinski definition) is 1. The van der Waals surface area contributed by atoms with Crippen LogP contribution in [0.2, 0.25) is 10.0 Å². The van der Waals surface area contributed by atoms with Gasteiger partial charge in [-0.2, -0.15) is 0 Å². The molecule has 1 aromatic carbocycles. The fraction of sp³-hybridized carbons (Fsp3) is 0.200. The van der Waals surface area contributed by atoms with Crippen molar-refractivity contribution in [3.63, 3.8) is 0 Å². The Kier molecular flexibility index (Phi) is 4.12. The number of benzene rings is 1. The van der Waals surface area contributed by atoms with Gasteiger partial charge in [0.2, 0.25) is 0 Å². The monoisotopic (exact) mass is 245 g/mol. The smallest absolute Gasteiger partial charge is 0.251 e. The zero-order valence-electron chi connectivity index (χ0n) is 8.01. The number of ketones is 1. The molecule has 1 N–H and O–H groups in total. The molecule has 0 aliphatic carbocycles. The maximum absolute atomic E-state index is 11.5. The minimum absolute atomic E-state index is 0.00294. The molecular formula is C10H9Cl2NO2. The molecule has 1 amide bonds. The highest BCUT2D eigenvalue weighted by atomic mass is 35.5. The molecule has 0 fully saturated rings. The van der Waals surface area contributed by atoms with Gasteiger partial charge in [-0.1, -0.05) is 23.2 Å². The number of Topliss-reactive ketones (excluding diaryl/α,β-unsaturated/α-hetero) is 1. The molecule has 0 spiro atoms. The average molecular weight is 246 g/mol. The van der Waals surface area contributed by atoms with Crippen LogP contribution in [0, 0.1) is 0 Å². The van der Waals surface area contributed by atoms with Gasteiger partial charge in [-0.05, 0) is 25.1 Å². The third kappa shape index (κ3) is 3.90. The van der Waals surface area contributed by atoms with Crippen molar-refractivity contribution in [1.82, 2.24) is 5.32 Å². The first-order chi connectivity index (χ1) is 6.99.